The smallest absolute Gasteiger partial charge is 0.338 e. The van der Waals surface area contributed by atoms with Gasteiger partial charge in [-0.3, -0.25) is 4.79 Å². The van der Waals surface area contributed by atoms with E-state index < -0.39 is 47.7 Å². The highest BCUT2D eigenvalue weighted by molar-refractivity contribution is 9.09. The number of halogens is 2. The summed E-state index contributed by atoms with van der Waals surface area (Å²) in [4.78, 5) is 24.8. The molecule has 7 nitrogen and oxygen atoms in total. The van der Waals surface area contributed by atoms with Crippen LogP contribution in [0.4, 0.5) is 0 Å². The van der Waals surface area contributed by atoms with Crippen LogP contribution in [0.3, 0.4) is 0 Å². The molecular formula is C22H20BrClO7. The molecule has 2 saturated heterocycles. The quantitative estimate of drug-likeness (QED) is 0.448. The Morgan fingerprint density at radius 3 is 2.32 bits per heavy atom. The number of carbonyl (C=O) groups excluding carboxylic acids is 2. The maximum Gasteiger partial charge on any atom is 0.338 e. The standard InChI is InChI=1S/C22H20BrClO7/c23-20-19(30-21(26)13-7-3-1-4-8-13)18(29-16(25)11-24)17-15(28-20)12-27-22(31-17)14-9-5-2-6-10-14/h1-10,15,17-20,22H,11-12H2/t15-,17+,18+,19-,20-,22?/m1/s1. The molecule has 2 aromatic carbocycles. The summed E-state index contributed by atoms with van der Waals surface area (Å²) in [5, 5.41) is -0.741. The molecule has 31 heavy (non-hydrogen) atoms. The Kier molecular flexibility index (Phi) is 7.24. The van der Waals surface area contributed by atoms with Gasteiger partial charge in [0.1, 0.15) is 18.1 Å². The van der Waals surface area contributed by atoms with Crippen LogP contribution in [0.25, 0.3) is 0 Å². The maximum absolute atomic E-state index is 12.7. The van der Waals surface area contributed by atoms with Crippen molar-refractivity contribution in [3.8, 4) is 0 Å². The molecule has 0 aromatic heterocycles. The van der Waals surface area contributed by atoms with Crippen LogP contribution in [0.5, 0.6) is 0 Å². The first-order valence-corrected chi connectivity index (χ1v) is 11.1. The molecule has 6 atom stereocenters. The summed E-state index contributed by atoms with van der Waals surface area (Å²) < 4.78 is 29.1. The largest absolute Gasteiger partial charge is 0.454 e. The van der Waals surface area contributed by atoms with E-state index in [0.29, 0.717) is 5.56 Å². The first-order valence-electron chi connectivity index (χ1n) is 9.70. The molecule has 2 aliphatic rings. The van der Waals surface area contributed by atoms with E-state index in [1.165, 1.54) is 0 Å². The molecule has 2 heterocycles. The van der Waals surface area contributed by atoms with Gasteiger partial charge in [-0.1, -0.05) is 64.5 Å². The highest BCUT2D eigenvalue weighted by Crippen LogP contribution is 2.38. The Balaban J connectivity index is 1.58. The zero-order valence-corrected chi connectivity index (χ0v) is 18.6. The lowest BCUT2D eigenvalue weighted by Crippen LogP contribution is -2.62. The molecule has 0 bridgehead atoms. The van der Waals surface area contributed by atoms with E-state index in [1.807, 2.05) is 30.3 Å². The topological polar surface area (TPSA) is 80.3 Å². The van der Waals surface area contributed by atoms with Crippen molar-refractivity contribution in [3.05, 3.63) is 71.8 Å². The van der Waals surface area contributed by atoms with Crippen LogP contribution in [0.2, 0.25) is 0 Å². The molecule has 1 unspecified atom stereocenters. The summed E-state index contributed by atoms with van der Waals surface area (Å²) in [6.07, 6.45) is -3.86. The van der Waals surface area contributed by atoms with Crippen LogP contribution in [0.1, 0.15) is 22.2 Å². The van der Waals surface area contributed by atoms with Gasteiger partial charge in [-0.15, -0.1) is 11.6 Å². The normalized spacial score (nSPS) is 30.1. The van der Waals surface area contributed by atoms with Crippen molar-refractivity contribution in [1.82, 2.24) is 0 Å². The summed E-state index contributed by atoms with van der Waals surface area (Å²) >= 11 is 9.06. The van der Waals surface area contributed by atoms with E-state index in [4.69, 9.17) is 35.3 Å². The van der Waals surface area contributed by atoms with Crippen molar-refractivity contribution >= 4 is 39.5 Å². The zero-order valence-electron chi connectivity index (χ0n) is 16.3. The SMILES string of the molecule is O=C(CCl)O[C@@H]1[C@@H](OC(=O)c2ccccc2)[C@H](Br)O[C@@H]2COC(c3ccccc3)O[C@H]12. The fourth-order valence-electron chi connectivity index (χ4n) is 3.52. The lowest BCUT2D eigenvalue weighted by Gasteiger charge is -2.47. The van der Waals surface area contributed by atoms with Crippen molar-refractivity contribution < 1.29 is 33.3 Å². The third kappa shape index (κ3) is 5.10. The van der Waals surface area contributed by atoms with E-state index in [2.05, 4.69) is 15.9 Å². The first kappa shape index (κ1) is 22.2. The molecule has 0 spiro atoms. The number of alkyl halides is 2. The average molecular weight is 512 g/mol. The summed E-state index contributed by atoms with van der Waals surface area (Å²) in [5.74, 6) is -1.57. The molecule has 0 amide bonds. The van der Waals surface area contributed by atoms with Crippen LogP contribution in [0, 0.1) is 0 Å². The van der Waals surface area contributed by atoms with E-state index >= 15 is 0 Å². The van der Waals surface area contributed by atoms with Crippen molar-refractivity contribution in [2.24, 2.45) is 0 Å². The Morgan fingerprint density at radius 1 is 0.968 bits per heavy atom. The molecule has 4 rings (SSSR count). The fourth-order valence-corrected chi connectivity index (χ4v) is 4.27. The first-order chi connectivity index (χ1) is 15.1. The van der Waals surface area contributed by atoms with E-state index in [9.17, 15) is 9.59 Å². The van der Waals surface area contributed by atoms with Crippen LogP contribution < -0.4 is 0 Å². The monoisotopic (exact) mass is 510 g/mol. The summed E-state index contributed by atoms with van der Waals surface area (Å²) in [7, 11) is 0. The molecule has 2 aliphatic heterocycles. The second-order valence-corrected chi connectivity index (χ2v) is 8.20. The Hall–Kier alpha value is -1.97. The minimum absolute atomic E-state index is 0.209. The highest BCUT2D eigenvalue weighted by Gasteiger charge is 2.53. The van der Waals surface area contributed by atoms with Crippen molar-refractivity contribution in [3.63, 3.8) is 0 Å². The molecule has 2 aromatic rings. The van der Waals surface area contributed by atoms with E-state index in [-0.39, 0.29) is 12.5 Å². The van der Waals surface area contributed by atoms with Gasteiger partial charge in [0.15, 0.2) is 23.5 Å². The summed E-state index contributed by atoms with van der Waals surface area (Å²) in [6.45, 7) is 0.209. The summed E-state index contributed by atoms with van der Waals surface area (Å²) in [5.41, 5.74) is 1.17. The van der Waals surface area contributed by atoms with Crippen LogP contribution in [-0.2, 0) is 28.5 Å². The zero-order chi connectivity index (χ0) is 21.8. The predicted octanol–water partition coefficient (Wildman–Crippen LogP) is 3.60. The molecule has 0 N–H and O–H groups in total. The molecule has 2 fully saturated rings. The van der Waals surface area contributed by atoms with Crippen LogP contribution in [0.15, 0.2) is 60.7 Å². The third-order valence-corrected chi connectivity index (χ3v) is 5.93. The number of hydrogen-bond donors (Lipinski definition) is 0. The molecule has 0 radical (unpaired) electrons. The molecule has 0 saturated carbocycles. The maximum atomic E-state index is 12.7. The Labute approximate surface area is 192 Å². The number of rotatable bonds is 5. The van der Waals surface area contributed by atoms with Crippen molar-refractivity contribution in [1.29, 1.82) is 0 Å². The lowest BCUT2D eigenvalue weighted by atomic mass is 9.98. The fraction of sp³-hybridized carbons (Fsp3) is 0.364. The number of benzene rings is 2. The number of esters is 2. The van der Waals surface area contributed by atoms with Crippen LogP contribution in [-0.4, -0.2) is 53.9 Å². The lowest BCUT2D eigenvalue weighted by molar-refractivity contribution is -0.318. The van der Waals surface area contributed by atoms with Gasteiger partial charge >= 0.3 is 11.9 Å². The minimum atomic E-state index is -0.962. The van der Waals surface area contributed by atoms with Gasteiger partial charge in [0.05, 0.1) is 12.2 Å². The van der Waals surface area contributed by atoms with Gasteiger partial charge < -0.3 is 23.7 Å². The van der Waals surface area contributed by atoms with Gasteiger partial charge in [0.2, 0.25) is 0 Å². The molecule has 164 valence electrons. The molecular weight excluding hydrogens is 492 g/mol. The van der Waals surface area contributed by atoms with Gasteiger partial charge in [0, 0.05) is 5.56 Å². The van der Waals surface area contributed by atoms with Gasteiger partial charge in [0.25, 0.3) is 0 Å². The molecule has 0 aliphatic carbocycles. The second-order valence-electron chi connectivity index (χ2n) is 7.03. The summed E-state index contributed by atoms with van der Waals surface area (Å²) in [6, 6.07) is 17.9. The number of fused-ring (bicyclic) bond motifs is 1. The van der Waals surface area contributed by atoms with Gasteiger partial charge in [-0.05, 0) is 12.1 Å². The van der Waals surface area contributed by atoms with E-state index in [1.54, 1.807) is 30.3 Å². The van der Waals surface area contributed by atoms with Crippen LogP contribution >= 0.6 is 27.5 Å². The Bertz CT molecular complexity index is 897. The number of carbonyl (C=O) groups is 2. The van der Waals surface area contributed by atoms with Crippen molar-refractivity contribution in [2.75, 3.05) is 12.5 Å². The average Bonchev–Trinajstić information content (AvgIpc) is 2.82. The third-order valence-electron chi connectivity index (χ3n) is 4.97. The second kappa shape index (κ2) is 10.1. The number of hydrogen-bond acceptors (Lipinski definition) is 7. The van der Waals surface area contributed by atoms with E-state index in [0.717, 1.165) is 5.56 Å². The predicted molar refractivity (Wildman–Crippen MR) is 114 cm³/mol. The van der Waals surface area contributed by atoms with Crippen molar-refractivity contribution in [2.45, 2.75) is 35.7 Å². The van der Waals surface area contributed by atoms with Gasteiger partial charge in [-0.2, -0.15) is 0 Å². The highest BCUT2D eigenvalue weighted by atomic mass is 79.9. The number of ether oxygens (including phenoxy) is 5. The molecule has 9 heteroatoms. The van der Waals surface area contributed by atoms with Gasteiger partial charge in [-0.25, -0.2) is 4.79 Å². The minimum Gasteiger partial charge on any atom is -0.454 e. The Morgan fingerprint density at radius 2 is 1.65 bits per heavy atom.